The van der Waals surface area contributed by atoms with Gasteiger partial charge < -0.3 is 15.4 Å². The van der Waals surface area contributed by atoms with Crippen molar-refractivity contribution in [1.82, 2.24) is 4.90 Å². The van der Waals surface area contributed by atoms with Crippen LogP contribution < -0.4 is 10.5 Å². The van der Waals surface area contributed by atoms with Crippen LogP contribution in [0, 0.1) is 0 Å². The maximum absolute atomic E-state index is 11.1. The van der Waals surface area contributed by atoms with Crippen LogP contribution in [0.2, 0.25) is 0 Å². The highest BCUT2D eigenvalue weighted by Crippen LogP contribution is 2.33. The maximum Gasteiger partial charge on any atom is 0.409 e. The molecule has 0 bridgehead atoms. The summed E-state index contributed by atoms with van der Waals surface area (Å²) in [6.45, 7) is 7.51. The maximum atomic E-state index is 11.1. The van der Waals surface area contributed by atoms with Crippen LogP contribution in [0.15, 0.2) is 18.2 Å². The van der Waals surface area contributed by atoms with E-state index in [2.05, 4.69) is 45.8 Å². The number of unbranched alkanes of at least 4 members (excludes halogenated alkanes) is 1. The van der Waals surface area contributed by atoms with Crippen LogP contribution in [0.5, 0.6) is 5.75 Å². The Bertz CT molecular complexity index is 482. The van der Waals surface area contributed by atoms with Crippen molar-refractivity contribution in [1.29, 1.82) is 0 Å². The molecule has 0 atom stereocenters. The molecule has 0 saturated heterocycles. The molecule has 0 heterocycles. The first-order valence-corrected chi connectivity index (χ1v) is 7.52. The molecular formula is C17H28N2O2. The van der Waals surface area contributed by atoms with Gasteiger partial charge >= 0.3 is 6.09 Å². The fourth-order valence-electron chi connectivity index (χ4n) is 2.89. The van der Waals surface area contributed by atoms with Gasteiger partial charge in [-0.25, -0.2) is 4.79 Å². The van der Waals surface area contributed by atoms with Crippen LogP contribution in [-0.2, 0) is 11.8 Å². The van der Waals surface area contributed by atoms with E-state index in [0.29, 0.717) is 5.75 Å². The molecule has 0 radical (unpaired) electrons. The number of benzene rings is 1. The number of amides is 1. The average molecular weight is 292 g/mol. The van der Waals surface area contributed by atoms with E-state index < -0.39 is 6.09 Å². The van der Waals surface area contributed by atoms with E-state index in [1.807, 2.05) is 12.1 Å². The number of hydrogen-bond acceptors (Lipinski definition) is 3. The third kappa shape index (κ3) is 5.05. The van der Waals surface area contributed by atoms with E-state index >= 15 is 0 Å². The van der Waals surface area contributed by atoms with Crippen LogP contribution >= 0.6 is 0 Å². The molecule has 0 aliphatic carbocycles. The Morgan fingerprint density at radius 3 is 2.52 bits per heavy atom. The lowest BCUT2D eigenvalue weighted by Crippen LogP contribution is -2.33. The van der Waals surface area contributed by atoms with Crippen molar-refractivity contribution in [3.63, 3.8) is 0 Å². The Labute approximate surface area is 128 Å². The molecule has 0 aliphatic rings. The molecule has 21 heavy (non-hydrogen) atoms. The predicted molar refractivity (Wildman–Crippen MR) is 86.8 cm³/mol. The lowest BCUT2D eigenvalue weighted by Gasteiger charge is -2.31. The summed E-state index contributed by atoms with van der Waals surface area (Å²) in [6, 6.07) is 5.88. The second-order valence-corrected chi connectivity index (χ2v) is 6.43. The minimum Gasteiger partial charge on any atom is -0.410 e. The molecule has 2 N–H and O–H groups in total. The second-order valence-electron chi connectivity index (χ2n) is 6.43. The van der Waals surface area contributed by atoms with Gasteiger partial charge in [-0.1, -0.05) is 39.3 Å². The van der Waals surface area contributed by atoms with E-state index in [-0.39, 0.29) is 5.41 Å². The van der Waals surface area contributed by atoms with Crippen molar-refractivity contribution in [2.45, 2.75) is 45.4 Å². The number of rotatable bonds is 7. The van der Waals surface area contributed by atoms with Gasteiger partial charge in [-0.15, -0.1) is 0 Å². The van der Waals surface area contributed by atoms with E-state index in [1.54, 1.807) is 0 Å². The predicted octanol–water partition coefficient (Wildman–Crippen LogP) is 3.33. The summed E-state index contributed by atoms with van der Waals surface area (Å²) in [5.74, 6) is 0.597. The van der Waals surface area contributed by atoms with E-state index in [9.17, 15) is 4.79 Å². The first-order chi connectivity index (χ1) is 9.77. The summed E-state index contributed by atoms with van der Waals surface area (Å²) in [6.07, 6.45) is 2.30. The molecule has 118 valence electrons. The van der Waals surface area contributed by atoms with Crippen LogP contribution in [0.1, 0.15) is 44.7 Å². The molecule has 0 spiro atoms. The molecule has 0 saturated carbocycles. The number of primary amides is 1. The summed E-state index contributed by atoms with van der Waals surface area (Å²) < 4.78 is 5.21. The van der Waals surface area contributed by atoms with Crippen LogP contribution in [-0.4, -0.2) is 31.6 Å². The molecule has 4 heteroatoms. The number of hydrogen-bond donors (Lipinski definition) is 1. The SMILES string of the molecule is CCCCc1c(OC(N)=O)cccc1C(C)(C)CN(C)C. The fourth-order valence-corrected chi connectivity index (χ4v) is 2.89. The number of carbonyl (C=O) groups excluding carboxylic acids is 1. The number of carbonyl (C=O) groups is 1. The molecule has 1 aromatic carbocycles. The molecule has 1 aromatic rings. The highest BCUT2D eigenvalue weighted by Gasteiger charge is 2.26. The van der Waals surface area contributed by atoms with Gasteiger partial charge in [0.05, 0.1) is 0 Å². The van der Waals surface area contributed by atoms with Crippen molar-refractivity contribution >= 4 is 6.09 Å². The van der Waals surface area contributed by atoms with Gasteiger partial charge in [-0.3, -0.25) is 0 Å². The summed E-state index contributed by atoms with van der Waals surface area (Å²) >= 11 is 0. The van der Waals surface area contributed by atoms with Gasteiger partial charge in [-0.2, -0.15) is 0 Å². The van der Waals surface area contributed by atoms with Crippen LogP contribution in [0.4, 0.5) is 4.79 Å². The molecule has 4 nitrogen and oxygen atoms in total. The zero-order valence-corrected chi connectivity index (χ0v) is 13.9. The highest BCUT2D eigenvalue weighted by molar-refractivity contribution is 5.69. The topological polar surface area (TPSA) is 55.6 Å². The van der Waals surface area contributed by atoms with Crippen molar-refractivity contribution in [3.05, 3.63) is 29.3 Å². The number of nitrogens with two attached hydrogens (primary N) is 1. The minimum atomic E-state index is -0.754. The second kappa shape index (κ2) is 7.46. The zero-order valence-electron chi connectivity index (χ0n) is 13.9. The largest absolute Gasteiger partial charge is 0.410 e. The van der Waals surface area contributed by atoms with E-state index in [1.165, 1.54) is 5.56 Å². The fraction of sp³-hybridized carbons (Fsp3) is 0.588. The highest BCUT2D eigenvalue weighted by atomic mass is 16.5. The van der Waals surface area contributed by atoms with Crippen molar-refractivity contribution in [2.75, 3.05) is 20.6 Å². The lowest BCUT2D eigenvalue weighted by molar-refractivity contribution is 0.210. The Balaban J connectivity index is 3.25. The number of nitrogens with zero attached hydrogens (tertiary/aromatic N) is 1. The normalized spacial score (nSPS) is 11.7. The molecular weight excluding hydrogens is 264 g/mol. The summed E-state index contributed by atoms with van der Waals surface area (Å²) in [7, 11) is 4.13. The van der Waals surface area contributed by atoms with Crippen LogP contribution in [0.3, 0.4) is 0 Å². The van der Waals surface area contributed by atoms with E-state index in [0.717, 1.165) is 31.4 Å². The van der Waals surface area contributed by atoms with Crippen molar-refractivity contribution in [2.24, 2.45) is 5.73 Å². The van der Waals surface area contributed by atoms with E-state index in [4.69, 9.17) is 10.5 Å². The zero-order chi connectivity index (χ0) is 16.0. The Kier molecular flexibility index (Phi) is 6.21. The van der Waals surface area contributed by atoms with Crippen LogP contribution in [0.25, 0.3) is 0 Å². The summed E-state index contributed by atoms with van der Waals surface area (Å²) in [5, 5.41) is 0. The Morgan fingerprint density at radius 1 is 1.33 bits per heavy atom. The minimum absolute atomic E-state index is 0.0242. The first kappa shape index (κ1) is 17.5. The molecule has 0 aromatic heterocycles. The quantitative estimate of drug-likeness (QED) is 0.838. The Morgan fingerprint density at radius 2 is 2.00 bits per heavy atom. The summed E-state index contributed by atoms with van der Waals surface area (Å²) in [5.41, 5.74) is 7.50. The van der Waals surface area contributed by atoms with Gasteiger partial charge in [0, 0.05) is 12.0 Å². The van der Waals surface area contributed by atoms with Gasteiger partial charge in [0.15, 0.2) is 0 Å². The average Bonchev–Trinajstić information content (AvgIpc) is 2.34. The smallest absolute Gasteiger partial charge is 0.409 e. The van der Waals surface area contributed by atoms with Crippen molar-refractivity contribution < 1.29 is 9.53 Å². The molecule has 0 fully saturated rings. The lowest BCUT2D eigenvalue weighted by atomic mass is 9.80. The Hall–Kier alpha value is -1.55. The number of likely N-dealkylation sites (N-methyl/N-ethyl adjacent to an activating group) is 1. The number of ether oxygens (including phenoxy) is 1. The molecule has 1 rings (SSSR count). The van der Waals surface area contributed by atoms with Gasteiger partial charge in [-0.05, 0) is 44.1 Å². The van der Waals surface area contributed by atoms with Crippen molar-refractivity contribution in [3.8, 4) is 5.75 Å². The third-order valence-electron chi connectivity index (χ3n) is 3.56. The van der Waals surface area contributed by atoms with Gasteiger partial charge in [0.1, 0.15) is 5.75 Å². The molecule has 0 aliphatic heterocycles. The summed E-state index contributed by atoms with van der Waals surface area (Å²) in [4.78, 5) is 13.3. The van der Waals surface area contributed by atoms with Gasteiger partial charge in [0.2, 0.25) is 0 Å². The standard InChI is InChI=1S/C17H28N2O2/c1-6-7-9-13-14(17(2,3)12-19(4)5)10-8-11-15(13)21-16(18)20/h8,10-11H,6-7,9,12H2,1-5H3,(H2,18,20). The first-order valence-electron chi connectivity index (χ1n) is 7.52. The molecule has 1 amide bonds. The van der Waals surface area contributed by atoms with Gasteiger partial charge in [0.25, 0.3) is 0 Å². The molecule has 0 unspecified atom stereocenters. The third-order valence-corrected chi connectivity index (χ3v) is 3.56. The monoisotopic (exact) mass is 292 g/mol.